The lowest BCUT2D eigenvalue weighted by Crippen LogP contribution is -2.28. The molecule has 0 amide bonds. The Morgan fingerprint density at radius 2 is 2.20 bits per heavy atom. The van der Waals surface area contributed by atoms with Gasteiger partial charge in [0.05, 0.1) is 0 Å². The number of rotatable bonds is 2. The maximum atomic E-state index is 4.23. The maximum absolute atomic E-state index is 4.23. The van der Waals surface area contributed by atoms with Crippen molar-refractivity contribution >= 4 is 12.6 Å². The van der Waals surface area contributed by atoms with E-state index in [9.17, 15) is 0 Å². The van der Waals surface area contributed by atoms with Crippen LogP contribution in [0.15, 0.2) is 0 Å². The highest BCUT2D eigenvalue weighted by Crippen LogP contribution is 2.10. The number of hydrogen-bond acceptors (Lipinski definition) is 2. The van der Waals surface area contributed by atoms with Gasteiger partial charge in [-0.3, -0.25) is 0 Å². The van der Waals surface area contributed by atoms with Crippen LogP contribution in [0, 0.1) is 0 Å². The summed E-state index contributed by atoms with van der Waals surface area (Å²) in [5.74, 6) is 1.03. The first-order valence-corrected chi connectivity index (χ1v) is 4.91. The molecule has 0 aromatic rings. The summed E-state index contributed by atoms with van der Waals surface area (Å²) < 4.78 is 0. The number of hydrogen-bond donors (Lipinski definition) is 2. The van der Waals surface area contributed by atoms with Crippen LogP contribution in [0.25, 0.3) is 0 Å². The molecule has 0 radical (unpaired) electrons. The van der Waals surface area contributed by atoms with Gasteiger partial charge in [0.2, 0.25) is 0 Å². The van der Waals surface area contributed by atoms with Gasteiger partial charge in [-0.05, 0) is 31.6 Å². The minimum atomic E-state index is 0.764. The molecule has 0 aliphatic carbocycles. The fraction of sp³-hybridized carbons (Fsp3) is 1.00. The van der Waals surface area contributed by atoms with E-state index in [4.69, 9.17) is 0 Å². The van der Waals surface area contributed by atoms with E-state index < -0.39 is 0 Å². The monoisotopic (exact) mass is 159 g/mol. The van der Waals surface area contributed by atoms with Crippen molar-refractivity contribution in [3.63, 3.8) is 0 Å². The van der Waals surface area contributed by atoms with E-state index in [0.29, 0.717) is 0 Å². The highest BCUT2D eigenvalue weighted by Gasteiger charge is 2.08. The third-order valence-electron chi connectivity index (χ3n) is 2.14. The summed E-state index contributed by atoms with van der Waals surface area (Å²) in [4.78, 5) is 0. The Morgan fingerprint density at radius 1 is 1.30 bits per heavy atom. The van der Waals surface area contributed by atoms with Crippen molar-refractivity contribution in [1.82, 2.24) is 5.32 Å². The van der Waals surface area contributed by atoms with Crippen LogP contribution in [0.5, 0.6) is 0 Å². The van der Waals surface area contributed by atoms with Gasteiger partial charge in [0.15, 0.2) is 0 Å². The standard InChI is InChI=1S/C8H17NS/c10-7-5-8-4-2-1-3-6-9-8/h8-10H,1-7H2. The zero-order valence-electron chi connectivity index (χ0n) is 6.47. The summed E-state index contributed by atoms with van der Waals surface area (Å²) in [5, 5.41) is 3.53. The molecule has 1 saturated heterocycles. The van der Waals surface area contributed by atoms with E-state index >= 15 is 0 Å². The molecule has 1 atom stereocenters. The van der Waals surface area contributed by atoms with E-state index in [1.165, 1.54) is 38.6 Å². The number of thiol groups is 1. The topological polar surface area (TPSA) is 12.0 Å². The molecule has 0 aromatic heterocycles. The van der Waals surface area contributed by atoms with Gasteiger partial charge in [0.25, 0.3) is 0 Å². The van der Waals surface area contributed by atoms with E-state index in [0.717, 1.165) is 11.8 Å². The Bertz CT molecular complexity index is 77.3. The van der Waals surface area contributed by atoms with Crippen molar-refractivity contribution in [2.24, 2.45) is 0 Å². The summed E-state index contributed by atoms with van der Waals surface area (Å²) in [7, 11) is 0. The third-order valence-corrected chi connectivity index (χ3v) is 2.40. The smallest absolute Gasteiger partial charge is 0.00748 e. The second-order valence-electron chi connectivity index (χ2n) is 3.01. The Balaban J connectivity index is 2.15. The fourth-order valence-electron chi connectivity index (χ4n) is 1.50. The van der Waals surface area contributed by atoms with Crippen molar-refractivity contribution in [2.45, 2.75) is 38.1 Å². The summed E-state index contributed by atoms with van der Waals surface area (Å²) in [6, 6.07) is 0.764. The summed E-state index contributed by atoms with van der Waals surface area (Å²) in [5.41, 5.74) is 0. The van der Waals surface area contributed by atoms with Gasteiger partial charge < -0.3 is 5.32 Å². The van der Waals surface area contributed by atoms with Crippen LogP contribution < -0.4 is 5.32 Å². The predicted octanol–water partition coefficient (Wildman–Crippen LogP) is 1.84. The lowest BCUT2D eigenvalue weighted by molar-refractivity contribution is 0.500. The molecule has 1 unspecified atom stereocenters. The molecule has 0 saturated carbocycles. The van der Waals surface area contributed by atoms with Crippen LogP contribution >= 0.6 is 12.6 Å². The summed E-state index contributed by atoms with van der Waals surface area (Å²) in [6.45, 7) is 1.22. The van der Waals surface area contributed by atoms with Crippen molar-refractivity contribution < 1.29 is 0 Å². The van der Waals surface area contributed by atoms with E-state index in [-0.39, 0.29) is 0 Å². The van der Waals surface area contributed by atoms with Gasteiger partial charge in [-0.2, -0.15) is 12.6 Å². The Kier molecular flexibility index (Phi) is 4.23. The maximum Gasteiger partial charge on any atom is 0.00748 e. The van der Waals surface area contributed by atoms with Crippen molar-refractivity contribution in [3.05, 3.63) is 0 Å². The highest BCUT2D eigenvalue weighted by molar-refractivity contribution is 7.80. The van der Waals surface area contributed by atoms with Crippen LogP contribution in [-0.4, -0.2) is 18.3 Å². The average molecular weight is 159 g/mol. The second-order valence-corrected chi connectivity index (χ2v) is 3.46. The first-order valence-electron chi connectivity index (χ1n) is 4.27. The van der Waals surface area contributed by atoms with Gasteiger partial charge in [0, 0.05) is 6.04 Å². The summed E-state index contributed by atoms with van der Waals surface area (Å²) >= 11 is 4.23. The lowest BCUT2D eigenvalue weighted by Gasteiger charge is -2.13. The van der Waals surface area contributed by atoms with Crippen molar-refractivity contribution in [3.8, 4) is 0 Å². The van der Waals surface area contributed by atoms with Gasteiger partial charge in [0.1, 0.15) is 0 Å². The molecule has 0 bridgehead atoms. The molecule has 1 rings (SSSR count). The molecule has 1 nitrogen and oxygen atoms in total. The van der Waals surface area contributed by atoms with E-state index in [1.807, 2.05) is 0 Å². The van der Waals surface area contributed by atoms with E-state index in [2.05, 4.69) is 17.9 Å². The Morgan fingerprint density at radius 3 is 3.00 bits per heavy atom. The molecule has 1 aliphatic rings. The van der Waals surface area contributed by atoms with Crippen molar-refractivity contribution in [1.29, 1.82) is 0 Å². The van der Waals surface area contributed by atoms with Gasteiger partial charge in [-0.15, -0.1) is 0 Å². The molecule has 60 valence electrons. The SMILES string of the molecule is SCCC1CCCCCN1. The molecule has 10 heavy (non-hydrogen) atoms. The van der Waals surface area contributed by atoms with Crippen LogP contribution in [0.1, 0.15) is 32.1 Å². The fourth-order valence-corrected chi connectivity index (χ4v) is 1.81. The van der Waals surface area contributed by atoms with Gasteiger partial charge >= 0.3 is 0 Å². The normalized spacial score (nSPS) is 27.9. The van der Waals surface area contributed by atoms with Crippen LogP contribution in [-0.2, 0) is 0 Å². The quantitative estimate of drug-likeness (QED) is 0.586. The van der Waals surface area contributed by atoms with Crippen LogP contribution in [0.3, 0.4) is 0 Å². The largest absolute Gasteiger partial charge is 0.314 e. The minimum Gasteiger partial charge on any atom is -0.314 e. The molecule has 2 heteroatoms. The van der Waals surface area contributed by atoms with Crippen LogP contribution in [0.4, 0.5) is 0 Å². The Labute approximate surface area is 69.0 Å². The zero-order valence-corrected chi connectivity index (χ0v) is 7.37. The molecule has 1 N–H and O–H groups in total. The minimum absolute atomic E-state index is 0.764. The first kappa shape index (κ1) is 8.41. The first-order chi connectivity index (χ1) is 4.93. The zero-order chi connectivity index (χ0) is 7.23. The average Bonchev–Trinajstić information content (AvgIpc) is 2.17. The predicted molar refractivity (Wildman–Crippen MR) is 48.7 cm³/mol. The molecular formula is C8H17NS. The number of nitrogens with one attached hydrogen (secondary N) is 1. The Hall–Kier alpha value is 0.310. The molecule has 1 heterocycles. The van der Waals surface area contributed by atoms with Crippen LogP contribution in [0.2, 0.25) is 0 Å². The summed E-state index contributed by atoms with van der Waals surface area (Å²) in [6.07, 6.45) is 6.79. The molecule has 0 aromatic carbocycles. The third kappa shape index (κ3) is 2.93. The van der Waals surface area contributed by atoms with Crippen molar-refractivity contribution in [2.75, 3.05) is 12.3 Å². The second kappa shape index (κ2) is 5.03. The lowest BCUT2D eigenvalue weighted by atomic mass is 10.1. The molecule has 1 aliphatic heterocycles. The van der Waals surface area contributed by atoms with Gasteiger partial charge in [-0.25, -0.2) is 0 Å². The van der Waals surface area contributed by atoms with Gasteiger partial charge in [-0.1, -0.05) is 12.8 Å². The highest BCUT2D eigenvalue weighted by atomic mass is 32.1. The van der Waals surface area contributed by atoms with E-state index in [1.54, 1.807) is 0 Å². The molecule has 1 fully saturated rings. The molecule has 0 spiro atoms. The molecular weight excluding hydrogens is 142 g/mol.